The van der Waals surface area contributed by atoms with Crippen molar-refractivity contribution in [2.24, 2.45) is 0 Å². The van der Waals surface area contributed by atoms with Crippen molar-refractivity contribution in [3.8, 4) is 0 Å². The fourth-order valence-corrected chi connectivity index (χ4v) is 2.64. The van der Waals surface area contributed by atoms with Gasteiger partial charge in [-0.1, -0.05) is 46.3 Å². The van der Waals surface area contributed by atoms with Crippen LogP contribution in [0.5, 0.6) is 0 Å². The van der Waals surface area contributed by atoms with Gasteiger partial charge in [0.2, 0.25) is 0 Å². The molecule has 0 aliphatic carbocycles. The first-order valence-electron chi connectivity index (χ1n) is 6.55. The lowest BCUT2D eigenvalue weighted by Crippen LogP contribution is -2.23. The van der Waals surface area contributed by atoms with Crippen LogP contribution in [-0.4, -0.2) is 12.6 Å². The number of rotatable bonds is 5. The summed E-state index contributed by atoms with van der Waals surface area (Å²) in [6, 6.07) is 14.7. The fourth-order valence-electron chi connectivity index (χ4n) is 1.91. The Bertz CT molecular complexity index is 617. The van der Waals surface area contributed by atoms with Crippen molar-refractivity contribution in [2.75, 3.05) is 11.9 Å². The predicted molar refractivity (Wildman–Crippen MR) is 91.3 cm³/mol. The first-order chi connectivity index (χ1) is 10.1. The highest BCUT2D eigenvalue weighted by molar-refractivity contribution is 9.11. The van der Waals surface area contributed by atoms with Crippen molar-refractivity contribution in [1.29, 1.82) is 0 Å². The summed E-state index contributed by atoms with van der Waals surface area (Å²) in [7, 11) is 0. The van der Waals surface area contributed by atoms with Crippen LogP contribution < -0.4 is 5.32 Å². The zero-order valence-electron chi connectivity index (χ0n) is 11.5. The van der Waals surface area contributed by atoms with Crippen molar-refractivity contribution in [3.05, 3.63) is 63.0 Å². The maximum atomic E-state index is 12.2. The summed E-state index contributed by atoms with van der Waals surface area (Å²) < 4.78 is 6.99. The van der Waals surface area contributed by atoms with Crippen LogP contribution in [0.1, 0.15) is 18.5 Å². The van der Waals surface area contributed by atoms with Gasteiger partial charge in [-0.3, -0.25) is 0 Å². The van der Waals surface area contributed by atoms with Gasteiger partial charge in [0.25, 0.3) is 0 Å². The molecular weight excluding hydrogens is 398 g/mol. The number of benzene rings is 2. The summed E-state index contributed by atoms with van der Waals surface area (Å²) in [4.78, 5) is 12.2. The van der Waals surface area contributed by atoms with E-state index in [9.17, 15) is 4.79 Å². The lowest BCUT2D eigenvalue weighted by molar-refractivity contribution is -0.144. The summed E-state index contributed by atoms with van der Waals surface area (Å²) in [6.07, 6.45) is 0. The third-order valence-electron chi connectivity index (χ3n) is 2.88. The number of esters is 1. The monoisotopic (exact) mass is 411 g/mol. The molecule has 2 rings (SSSR count). The smallest absolute Gasteiger partial charge is 0.333 e. The molecule has 0 bridgehead atoms. The van der Waals surface area contributed by atoms with Gasteiger partial charge < -0.3 is 10.1 Å². The van der Waals surface area contributed by atoms with E-state index in [-0.39, 0.29) is 5.97 Å². The molecule has 5 heteroatoms. The third-order valence-corrected chi connectivity index (χ3v) is 4.07. The van der Waals surface area contributed by atoms with Gasteiger partial charge in [0.15, 0.2) is 6.04 Å². The van der Waals surface area contributed by atoms with Crippen molar-refractivity contribution in [3.63, 3.8) is 0 Å². The Morgan fingerprint density at radius 3 is 2.57 bits per heavy atom. The largest absolute Gasteiger partial charge is 0.464 e. The number of nitrogens with one attached hydrogen (secondary N) is 1. The van der Waals surface area contributed by atoms with Crippen LogP contribution >= 0.6 is 31.9 Å². The zero-order valence-corrected chi connectivity index (χ0v) is 14.6. The summed E-state index contributed by atoms with van der Waals surface area (Å²) in [6.45, 7) is 2.15. The predicted octanol–water partition coefficient (Wildman–Crippen LogP) is 4.93. The van der Waals surface area contributed by atoms with E-state index >= 15 is 0 Å². The molecule has 1 N–H and O–H groups in total. The number of halogens is 2. The lowest BCUT2D eigenvalue weighted by Gasteiger charge is -2.20. The normalized spacial score (nSPS) is 11.8. The first-order valence-corrected chi connectivity index (χ1v) is 8.13. The summed E-state index contributed by atoms with van der Waals surface area (Å²) in [5, 5.41) is 3.24. The minimum Gasteiger partial charge on any atom is -0.464 e. The molecule has 2 aromatic rings. The van der Waals surface area contributed by atoms with Gasteiger partial charge >= 0.3 is 5.97 Å². The lowest BCUT2D eigenvalue weighted by atomic mass is 10.1. The van der Waals surface area contributed by atoms with Crippen LogP contribution in [-0.2, 0) is 9.53 Å². The molecule has 0 saturated heterocycles. The SMILES string of the molecule is CCOC(=O)C(Nc1cc(Br)ccc1Br)c1ccccc1. The maximum Gasteiger partial charge on any atom is 0.333 e. The Kier molecular flexibility index (Phi) is 5.82. The Hall–Kier alpha value is -1.33. The second-order valence-electron chi connectivity index (χ2n) is 4.36. The van der Waals surface area contributed by atoms with Gasteiger partial charge in [-0.25, -0.2) is 4.79 Å². The number of hydrogen-bond donors (Lipinski definition) is 1. The van der Waals surface area contributed by atoms with Gasteiger partial charge in [0.05, 0.1) is 12.3 Å². The summed E-state index contributed by atoms with van der Waals surface area (Å²) in [5.74, 6) is -0.296. The number of anilines is 1. The van der Waals surface area contributed by atoms with Crippen LogP contribution in [0.4, 0.5) is 5.69 Å². The Labute approximate surface area is 141 Å². The number of hydrogen-bond acceptors (Lipinski definition) is 3. The third kappa shape index (κ3) is 4.32. The topological polar surface area (TPSA) is 38.3 Å². The molecule has 0 fully saturated rings. The van der Waals surface area contributed by atoms with Gasteiger partial charge in [-0.2, -0.15) is 0 Å². The molecule has 0 aromatic heterocycles. The molecule has 0 aliphatic heterocycles. The molecule has 3 nitrogen and oxygen atoms in total. The molecular formula is C16H15Br2NO2. The van der Waals surface area contributed by atoms with E-state index in [1.165, 1.54) is 0 Å². The van der Waals surface area contributed by atoms with Gasteiger partial charge in [-0.15, -0.1) is 0 Å². The maximum absolute atomic E-state index is 12.2. The van der Waals surface area contributed by atoms with Crippen molar-refractivity contribution in [1.82, 2.24) is 0 Å². The molecule has 0 amide bonds. The fraction of sp³-hybridized carbons (Fsp3) is 0.188. The van der Waals surface area contributed by atoms with Crippen molar-refractivity contribution < 1.29 is 9.53 Å². The minimum absolute atomic E-state index is 0.296. The Balaban J connectivity index is 2.32. The number of ether oxygens (including phenoxy) is 1. The number of carbonyl (C=O) groups is 1. The van der Waals surface area contributed by atoms with E-state index in [4.69, 9.17) is 4.74 Å². The molecule has 1 atom stereocenters. The molecule has 0 aliphatic rings. The van der Waals surface area contributed by atoms with E-state index in [1.54, 1.807) is 6.92 Å². The molecule has 21 heavy (non-hydrogen) atoms. The van der Waals surface area contributed by atoms with Crippen LogP contribution in [0.25, 0.3) is 0 Å². The molecule has 0 spiro atoms. The highest BCUT2D eigenvalue weighted by Gasteiger charge is 2.22. The minimum atomic E-state index is -0.545. The second-order valence-corrected chi connectivity index (χ2v) is 6.13. The van der Waals surface area contributed by atoms with E-state index in [1.807, 2.05) is 48.5 Å². The van der Waals surface area contributed by atoms with E-state index in [0.29, 0.717) is 6.61 Å². The molecule has 2 aromatic carbocycles. The van der Waals surface area contributed by atoms with Crippen LogP contribution in [0, 0.1) is 0 Å². The van der Waals surface area contributed by atoms with E-state index in [0.717, 1.165) is 20.2 Å². The molecule has 0 heterocycles. The average molecular weight is 413 g/mol. The van der Waals surface area contributed by atoms with E-state index in [2.05, 4.69) is 37.2 Å². The Morgan fingerprint density at radius 2 is 1.90 bits per heavy atom. The highest BCUT2D eigenvalue weighted by atomic mass is 79.9. The van der Waals surface area contributed by atoms with Gasteiger partial charge in [0, 0.05) is 8.95 Å². The molecule has 0 radical (unpaired) electrons. The standard InChI is InChI=1S/C16H15Br2NO2/c1-2-21-16(20)15(11-6-4-3-5-7-11)19-14-10-12(17)8-9-13(14)18/h3-10,15,19H,2H2,1H3. The summed E-state index contributed by atoms with van der Waals surface area (Å²) >= 11 is 6.92. The van der Waals surface area contributed by atoms with Gasteiger partial charge in [-0.05, 0) is 46.6 Å². The van der Waals surface area contributed by atoms with Crippen LogP contribution in [0.3, 0.4) is 0 Å². The van der Waals surface area contributed by atoms with Crippen LogP contribution in [0.2, 0.25) is 0 Å². The molecule has 1 unspecified atom stereocenters. The zero-order chi connectivity index (χ0) is 15.2. The van der Waals surface area contributed by atoms with Crippen LogP contribution in [0.15, 0.2) is 57.5 Å². The van der Waals surface area contributed by atoms with E-state index < -0.39 is 6.04 Å². The quantitative estimate of drug-likeness (QED) is 0.707. The highest BCUT2D eigenvalue weighted by Crippen LogP contribution is 2.30. The average Bonchev–Trinajstić information content (AvgIpc) is 2.49. The summed E-state index contributed by atoms with van der Waals surface area (Å²) in [5.41, 5.74) is 1.69. The second kappa shape index (κ2) is 7.61. The Morgan fingerprint density at radius 1 is 1.19 bits per heavy atom. The van der Waals surface area contributed by atoms with Gasteiger partial charge in [0.1, 0.15) is 0 Å². The van der Waals surface area contributed by atoms with Crippen molar-refractivity contribution >= 4 is 43.5 Å². The molecule has 110 valence electrons. The molecule has 0 saturated carbocycles. The number of carbonyl (C=O) groups excluding carboxylic acids is 1. The van der Waals surface area contributed by atoms with Crippen molar-refractivity contribution in [2.45, 2.75) is 13.0 Å². The first kappa shape index (κ1) is 16.0.